The molecule has 1 aromatic carbocycles. The summed E-state index contributed by atoms with van der Waals surface area (Å²) < 4.78 is 5.58. The van der Waals surface area contributed by atoms with E-state index in [2.05, 4.69) is 15.6 Å². The standard InChI is InChI=1S/C12H15N3O/c1-2-6-11-10(5-1)15-12(16-11)14-8-9-4-3-7-13-9/h1-2,5-6,9,13H,3-4,7-8H2,(H,14,15)/t9-/m0/s1. The maximum atomic E-state index is 5.58. The number of fused-ring (bicyclic) bond motifs is 1. The molecular formula is C12H15N3O. The van der Waals surface area contributed by atoms with E-state index < -0.39 is 0 Å². The predicted octanol–water partition coefficient (Wildman–Crippen LogP) is 1.99. The van der Waals surface area contributed by atoms with Gasteiger partial charge in [-0.1, -0.05) is 12.1 Å². The number of anilines is 1. The molecular weight excluding hydrogens is 202 g/mol. The molecule has 1 aliphatic heterocycles. The number of hydrogen-bond acceptors (Lipinski definition) is 4. The lowest BCUT2D eigenvalue weighted by atomic mass is 10.2. The van der Waals surface area contributed by atoms with Crippen molar-refractivity contribution in [3.05, 3.63) is 24.3 Å². The van der Waals surface area contributed by atoms with Crippen LogP contribution in [0.25, 0.3) is 11.1 Å². The van der Waals surface area contributed by atoms with Crippen LogP contribution in [0.5, 0.6) is 0 Å². The third kappa shape index (κ3) is 1.88. The summed E-state index contributed by atoms with van der Waals surface area (Å²) in [5, 5.41) is 6.66. The summed E-state index contributed by atoms with van der Waals surface area (Å²) >= 11 is 0. The van der Waals surface area contributed by atoms with Gasteiger partial charge in [-0.25, -0.2) is 0 Å². The molecule has 1 fully saturated rings. The SMILES string of the molecule is c1ccc2oc(NC[C@@H]3CCCN3)nc2c1. The first kappa shape index (κ1) is 9.66. The van der Waals surface area contributed by atoms with Gasteiger partial charge in [-0.15, -0.1) is 0 Å². The second kappa shape index (κ2) is 4.14. The number of nitrogens with zero attached hydrogens (tertiary/aromatic N) is 1. The monoisotopic (exact) mass is 217 g/mol. The Bertz CT molecular complexity index is 441. The molecule has 84 valence electrons. The molecule has 1 atom stereocenters. The molecule has 0 unspecified atom stereocenters. The lowest BCUT2D eigenvalue weighted by molar-refractivity contribution is 0.585. The van der Waals surface area contributed by atoms with Crippen LogP contribution < -0.4 is 10.6 Å². The molecule has 0 saturated carbocycles. The third-order valence-electron chi connectivity index (χ3n) is 2.96. The molecule has 1 aliphatic rings. The summed E-state index contributed by atoms with van der Waals surface area (Å²) in [6.07, 6.45) is 2.49. The fourth-order valence-corrected chi connectivity index (χ4v) is 2.09. The molecule has 0 aliphatic carbocycles. The molecule has 3 rings (SSSR count). The fourth-order valence-electron chi connectivity index (χ4n) is 2.09. The van der Waals surface area contributed by atoms with Crippen LogP contribution in [0, 0.1) is 0 Å². The van der Waals surface area contributed by atoms with E-state index in [1.165, 1.54) is 12.8 Å². The van der Waals surface area contributed by atoms with E-state index in [1.807, 2.05) is 24.3 Å². The highest BCUT2D eigenvalue weighted by Gasteiger charge is 2.14. The molecule has 1 aromatic heterocycles. The highest BCUT2D eigenvalue weighted by Crippen LogP contribution is 2.18. The van der Waals surface area contributed by atoms with Crippen LogP contribution in [0.4, 0.5) is 6.01 Å². The van der Waals surface area contributed by atoms with Crippen molar-refractivity contribution in [3.8, 4) is 0 Å². The summed E-state index contributed by atoms with van der Waals surface area (Å²) in [4.78, 5) is 4.37. The minimum Gasteiger partial charge on any atom is -0.424 e. The van der Waals surface area contributed by atoms with Crippen molar-refractivity contribution in [3.63, 3.8) is 0 Å². The Hall–Kier alpha value is -1.55. The van der Waals surface area contributed by atoms with E-state index in [0.717, 1.165) is 24.2 Å². The second-order valence-corrected chi connectivity index (χ2v) is 4.16. The second-order valence-electron chi connectivity index (χ2n) is 4.16. The normalized spacial score (nSPS) is 20.4. The van der Waals surface area contributed by atoms with Gasteiger partial charge in [-0.2, -0.15) is 4.98 Å². The number of benzene rings is 1. The first-order valence-electron chi connectivity index (χ1n) is 5.75. The Morgan fingerprint density at radius 3 is 3.19 bits per heavy atom. The van der Waals surface area contributed by atoms with Gasteiger partial charge in [0.2, 0.25) is 0 Å². The predicted molar refractivity (Wildman–Crippen MR) is 63.5 cm³/mol. The van der Waals surface area contributed by atoms with E-state index in [1.54, 1.807) is 0 Å². The Labute approximate surface area is 94.0 Å². The molecule has 4 heteroatoms. The third-order valence-corrected chi connectivity index (χ3v) is 2.96. The molecule has 0 bridgehead atoms. The van der Waals surface area contributed by atoms with E-state index in [4.69, 9.17) is 4.42 Å². The highest BCUT2D eigenvalue weighted by molar-refractivity contribution is 5.74. The van der Waals surface area contributed by atoms with Gasteiger partial charge in [0.05, 0.1) is 0 Å². The summed E-state index contributed by atoms with van der Waals surface area (Å²) in [5.74, 6) is 0. The van der Waals surface area contributed by atoms with Gasteiger partial charge >= 0.3 is 0 Å². The summed E-state index contributed by atoms with van der Waals surface area (Å²) in [5.41, 5.74) is 1.74. The maximum absolute atomic E-state index is 5.58. The van der Waals surface area contributed by atoms with Crippen molar-refractivity contribution in [2.75, 3.05) is 18.4 Å². The average Bonchev–Trinajstić information content (AvgIpc) is 2.95. The van der Waals surface area contributed by atoms with Gasteiger partial charge in [-0.05, 0) is 31.5 Å². The quantitative estimate of drug-likeness (QED) is 0.825. The van der Waals surface area contributed by atoms with Crippen molar-refractivity contribution in [1.82, 2.24) is 10.3 Å². The first-order valence-corrected chi connectivity index (χ1v) is 5.75. The van der Waals surface area contributed by atoms with Gasteiger partial charge in [-0.3, -0.25) is 0 Å². The van der Waals surface area contributed by atoms with E-state index in [-0.39, 0.29) is 0 Å². The van der Waals surface area contributed by atoms with Crippen molar-refractivity contribution in [2.24, 2.45) is 0 Å². The molecule has 0 radical (unpaired) electrons. The van der Waals surface area contributed by atoms with E-state index in [9.17, 15) is 0 Å². The maximum Gasteiger partial charge on any atom is 0.295 e. The molecule has 4 nitrogen and oxygen atoms in total. The van der Waals surface area contributed by atoms with Crippen LogP contribution in [-0.4, -0.2) is 24.1 Å². The molecule has 0 spiro atoms. The molecule has 1 saturated heterocycles. The first-order chi connectivity index (χ1) is 7.92. The van der Waals surface area contributed by atoms with Crippen LogP contribution in [0.2, 0.25) is 0 Å². The van der Waals surface area contributed by atoms with Gasteiger partial charge in [0.1, 0.15) is 5.52 Å². The molecule has 2 N–H and O–H groups in total. The van der Waals surface area contributed by atoms with Gasteiger partial charge in [0.15, 0.2) is 5.58 Å². The Kier molecular flexibility index (Phi) is 2.50. The Balaban J connectivity index is 1.69. The largest absolute Gasteiger partial charge is 0.424 e. The van der Waals surface area contributed by atoms with Crippen LogP contribution >= 0.6 is 0 Å². The van der Waals surface area contributed by atoms with Crippen molar-refractivity contribution in [2.45, 2.75) is 18.9 Å². The topological polar surface area (TPSA) is 50.1 Å². The van der Waals surface area contributed by atoms with Crippen LogP contribution in [-0.2, 0) is 0 Å². The number of rotatable bonds is 3. The van der Waals surface area contributed by atoms with Gasteiger partial charge in [0, 0.05) is 12.6 Å². The zero-order valence-corrected chi connectivity index (χ0v) is 9.07. The molecule has 2 heterocycles. The fraction of sp³-hybridized carbons (Fsp3) is 0.417. The summed E-state index contributed by atoms with van der Waals surface area (Å²) in [6.45, 7) is 2.01. The molecule has 2 aromatic rings. The number of para-hydroxylation sites is 2. The summed E-state index contributed by atoms with van der Waals surface area (Å²) in [6, 6.07) is 8.98. The van der Waals surface area contributed by atoms with Crippen LogP contribution in [0.1, 0.15) is 12.8 Å². The minimum atomic E-state index is 0.551. The Morgan fingerprint density at radius 1 is 1.44 bits per heavy atom. The zero-order chi connectivity index (χ0) is 10.8. The molecule has 0 amide bonds. The lowest BCUT2D eigenvalue weighted by Gasteiger charge is -2.09. The van der Waals surface area contributed by atoms with Gasteiger partial charge in [0.25, 0.3) is 6.01 Å². The lowest BCUT2D eigenvalue weighted by Crippen LogP contribution is -2.29. The number of nitrogens with one attached hydrogen (secondary N) is 2. The van der Waals surface area contributed by atoms with E-state index >= 15 is 0 Å². The minimum absolute atomic E-state index is 0.551. The Morgan fingerprint density at radius 2 is 2.38 bits per heavy atom. The van der Waals surface area contributed by atoms with Crippen molar-refractivity contribution >= 4 is 17.1 Å². The van der Waals surface area contributed by atoms with Gasteiger partial charge < -0.3 is 15.1 Å². The van der Waals surface area contributed by atoms with Crippen LogP contribution in [0.3, 0.4) is 0 Å². The van der Waals surface area contributed by atoms with Crippen molar-refractivity contribution in [1.29, 1.82) is 0 Å². The number of hydrogen-bond donors (Lipinski definition) is 2. The highest BCUT2D eigenvalue weighted by atomic mass is 16.4. The summed E-state index contributed by atoms with van der Waals surface area (Å²) in [7, 11) is 0. The average molecular weight is 217 g/mol. The molecule has 16 heavy (non-hydrogen) atoms. The van der Waals surface area contributed by atoms with Crippen LogP contribution in [0.15, 0.2) is 28.7 Å². The zero-order valence-electron chi connectivity index (χ0n) is 9.07. The van der Waals surface area contributed by atoms with Crippen molar-refractivity contribution < 1.29 is 4.42 Å². The van der Waals surface area contributed by atoms with E-state index in [0.29, 0.717) is 12.1 Å². The smallest absolute Gasteiger partial charge is 0.295 e. The number of aromatic nitrogens is 1. The number of oxazole rings is 1.